The van der Waals surface area contributed by atoms with Gasteiger partial charge in [0.1, 0.15) is 0 Å². The van der Waals surface area contributed by atoms with E-state index in [-0.39, 0.29) is 17.9 Å². The zero-order valence-corrected chi connectivity index (χ0v) is 10.7. The molecule has 0 saturated carbocycles. The first-order chi connectivity index (χ1) is 7.34. The highest BCUT2D eigenvalue weighted by Gasteiger charge is 2.30. The fourth-order valence-electron chi connectivity index (χ4n) is 1.22. The van der Waals surface area contributed by atoms with Crippen molar-refractivity contribution >= 4 is 5.91 Å². The number of methoxy groups -OCH3 is 1. The van der Waals surface area contributed by atoms with Gasteiger partial charge in [-0.05, 0) is 5.41 Å². The molecule has 0 aliphatic heterocycles. The quantitative estimate of drug-likeness (QED) is 0.666. The summed E-state index contributed by atoms with van der Waals surface area (Å²) in [4.78, 5) is 13.6. The minimum absolute atomic E-state index is 0.0632. The van der Waals surface area contributed by atoms with Crippen LogP contribution in [-0.4, -0.2) is 55.4 Å². The standard InChI is InChI=1S/C11H24N2O3/c1-11(2,3)9(12)10(15)13(5-7-14)6-8-16-4/h9,14H,5-8,12H2,1-4H3/t9-/m1/s1. The minimum atomic E-state index is -0.559. The molecule has 0 rings (SSSR count). The monoisotopic (exact) mass is 232 g/mol. The number of nitrogens with two attached hydrogens (primary N) is 1. The van der Waals surface area contributed by atoms with Gasteiger partial charge in [-0.1, -0.05) is 20.8 Å². The van der Waals surface area contributed by atoms with Gasteiger partial charge in [-0.15, -0.1) is 0 Å². The lowest BCUT2D eigenvalue weighted by Crippen LogP contribution is -2.51. The highest BCUT2D eigenvalue weighted by atomic mass is 16.5. The highest BCUT2D eigenvalue weighted by molar-refractivity contribution is 5.82. The number of nitrogens with zero attached hydrogens (tertiary/aromatic N) is 1. The number of amides is 1. The molecule has 3 N–H and O–H groups in total. The summed E-state index contributed by atoms with van der Waals surface area (Å²) in [6.07, 6.45) is 0. The SMILES string of the molecule is COCCN(CCO)C(=O)[C@@H](N)C(C)(C)C. The molecule has 5 heteroatoms. The van der Waals surface area contributed by atoms with E-state index in [2.05, 4.69) is 0 Å². The molecule has 0 aromatic rings. The first-order valence-electron chi connectivity index (χ1n) is 5.48. The van der Waals surface area contributed by atoms with E-state index in [9.17, 15) is 4.79 Å². The Bertz CT molecular complexity index is 214. The van der Waals surface area contributed by atoms with Crippen molar-refractivity contribution < 1.29 is 14.6 Å². The maximum atomic E-state index is 12.0. The van der Waals surface area contributed by atoms with E-state index in [1.165, 1.54) is 0 Å². The molecule has 0 fully saturated rings. The highest BCUT2D eigenvalue weighted by Crippen LogP contribution is 2.18. The predicted octanol–water partition coefficient (Wildman–Crippen LogP) is -0.173. The van der Waals surface area contributed by atoms with E-state index >= 15 is 0 Å². The van der Waals surface area contributed by atoms with Crippen molar-refractivity contribution in [1.82, 2.24) is 4.90 Å². The number of ether oxygens (including phenoxy) is 1. The molecule has 0 spiro atoms. The summed E-state index contributed by atoms with van der Waals surface area (Å²) in [6, 6.07) is -0.559. The van der Waals surface area contributed by atoms with Crippen LogP contribution in [0.2, 0.25) is 0 Å². The number of carbonyl (C=O) groups is 1. The van der Waals surface area contributed by atoms with Crippen LogP contribution in [0.4, 0.5) is 0 Å². The van der Waals surface area contributed by atoms with Gasteiger partial charge in [-0.2, -0.15) is 0 Å². The lowest BCUT2D eigenvalue weighted by Gasteiger charge is -2.31. The summed E-state index contributed by atoms with van der Waals surface area (Å²) in [6.45, 7) is 6.90. The molecule has 0 aromatic carbocycles. The van der Waals surface area contributed by atoms with Gasteiger partial charge in [0.2, 0.25) is 5.91 Å². The summed E-state index contributed by atoms with van der Waals surface area (Å²) in [5.74, 6) is -0.140. The molecule has 0 bridgehead atoms. The van der Waals surface area contributed by atoms with Crippen molar-refractivity contribution in [3.05, 3.63) is 0 Å². The first-order valence-corrected chi connectivity index (χ1v) is 5.48. The van der Waals surface area contributed by atoms with Crippen molar-refractivity contribution in [2.45, 2.75) is 26.8 Å². The van der Waals surface area contributed by atoms with Crippen molar-refractivity contribution in [1.29, 1.82) is 0 Å². The van der Waals surface area contributed by atoms with Gasteiger partial charge in [0.15, 0.2) is 0 Å². The Balaban J connectivity index is 4.47. The summed E-state index contributed by atoms with van der Waals surface area (Å²) in [5.41, 5.74) is 5.60. The maximum Gasteiger partial charge on any atom is 0.240 e. The van der Waals surface area contributed by atoms with Crippen LogP contribution < -0.4 is 5.73 Å². The molecule has 0 aliphatic carbocycles. The number of rotatable bonds is 6. The van der Waals surface area contributed by atoms with Crippen LogP contribution in [-0.2, 0) is 9.53 Å². The zero-order chi connectivity index (χ0) is 12.8. The largest absolute Gasteiger partial charge is 0.395 e. The summed E-state index contributed by atoms with van der Waals surface area (Å²) in [5, 5.41) is 8.89. The van der Waals surface area contributed by atoms with Crippen LogP contribution >= 0.6 is 0 Å². The van der Waals surface area contributed by atoms with E-state index in [4.69, 9.17) is 15.6 Å². The molecule has 0 aromatic heterocycles. The van der Waals surface area contributed by atoms with E-state index in [1.807, 2.05) is 20.8 Å². The minimum Gasteiger partial charge on any atom is -0.395 e. The van der Waals surface area contributed by atoms with E-state index < -0.39 is 6.04 Å². The average Bonchev–Trinajstić information content (AvgIpc) is 2.20. The Morgan fingerprint density at radius 2 is 2.00 bits per heavy atom. The molecule has 0 saturated heterocycles. The van der Waals surface area contributed by atoms with Crippen molar-refractivity contribution in [2.75, 3.05) is 33.4 Å². The maximum absolute atomic E-state index is 12.0. The second kappa shape index (κ2) is 6.83. The fourth-order valence-corrected chi connectivity index (χ4v) is 1.22. The zero-order valence-electron chi connectivity index (χ0n) is 10.7. The van der Waals surface area contributed by atoms with Gasteiger partial charge >= 0.3 is 0 Å². The lowest BCUT2D eigenvalue weighted by atomic mass is 9.86. The van der Waals surface area contributed by atoms with E-state index in [0.717, 1.165) is 0 Å². The van der Waals surface area contributed by atoms with Crippen LogP contribution in [0, 0.1) is 5.41 Å². The van der Waals surface area contributed by atoms with Crippen LogP contribution in [0.15, 0.2) is 0 Å². The van der Waals surface area contributed by atoms with Gasteiger partial charge in [0, 0.05) is 20.2 Å². The number of hydrogen-bond acceptors (Lipinski definition) is 4. The van der Waals surface area contributed by atoms with Gasteiger partial charge in [-0.3, -0.25) is 4.79 Å². The molecule has 96 valence electrons. The number of aliphatic hydroxyl groups excluding tert-OH is 1. The summed E-state index contributed by atoms with van der Waals surface area (Å²) < 4.78 is 4.92. The lowest BCUT2D eigenvalue weighted by molar-refractivity contribution is -0.136. The molecular formula is C11H24N2O3. The Labute approximate surface area is 97.6 Å². The third-order valence-electron chi connectivity index (χ3n) is 2.45. The van der Waals surface area contributed by atoms with Gasteiger partial charge in [0.05, 0.1) is 19.3 Å². The molecule has 1 atom stereocenters. The first kappa shape index (κ1) is 15.3. The Morgan fingerprint density at radius 1 is 1.44 bits per heavy atom. The molecule has 1 amide bonds. The molecular weight excluding hydrogens is 208 g/mol. The molecule has 5 nitrogen and oxygen atoms in total. The predicted molar refractivity (Wildman–Crippen MR) is 63.0 cm³/mol. The second-order valence-corrected chi connectivity index (χ2v) is 4.89. The van der Waals surface area contributed by atoms with Crippen LogP contribution in [0.25, 0.3) is 0 Å². The Kier molecular flexibility index (Phi) is 6.55. The number of hydrogen-bond donors (Lipinski definition) is 2. The second-order valence-electron chi connectivity index (χ2n) is 4.89. The third-order valence-corrected chi connectivity index (χ3v) is 2.45. The van der Waals surface area contributed by atoms with Gasteiger partial charge in [0.25, 0.3) is 0 Å². The van der Waals surface area contributed by atoms with Gasteiger partial charge < -0.3 is 20.5 Å². The van der Waals surface area contributed by atoms with Crippen molar-refractivity contribution in [3.63, 3.8) is 0 Å². The number of aliphatic hydroxyl groups is 1. The van der Waals surface area contributed by atoms with E-state index in [0.29, 0.717) is 19.7 Å². The molecule has 0 unspecified atom stereocenters. The third kappa shape index (κ3) is 4.92. The Morgan fingerprint density at radius 3 is 2.38 bits per heavy atom. The molecule has 0 radical (unpaired) electrons. The average molecular weight is 232 g/mol. The van der Waals surface area contributed by atoms with Crippen LogP contribution in [0.3, 0.4) is 0 Å². The summed E-state index contributed by atoms with van der Waals surface area (Å²) in [7, 11) is 1.57. The van der Waals surface area contributed by atoms with Crippen molar-refractivity contribution in [2.24, 2.45) is 11.1 Å². The fraction of sp³-hybridized carbons (Fsp3) is 0.909. The Hall–Kier alpha value is -0.650. The molecule has 16 heavy (non-hydrogen) atoms. The number of carbonyl (C=O) groups excluding carboxylic acids is 1. The normalized spacial score (nSPS) is 13.6. The molecule has 0 heterocycles. The van der Waals surface area contributed by atoms with Crippen LogP contribution in [0.5, 0.6) is 0 Å². The van der Waals surface area contributed by atoms with E-state index in [1.54, 1.807) is 12.0 Å². The molecule has 0 aliphatic rings. The van der Waals surface area contributed by atoms with Crippen molar-refractivity contribution in [3.8, 4) is 0 Å². The van der Waals surface area contributed by atoms with Crippen LogP contribution in [0.1, 0.15) is 20.8 Å². The summed E-state index contributed by atoms with van der Waals surface area (Å²) >= 11 is 0. The topological polar surface area (TPSA) is 75.8 Å². The smallest absolute Gasteiger partial charge is 0.240 e. The van der Waals surface area contributed by atoms with Gasteiger partial charge in [-0.25, -0.2) is 0 Å².